The largest absolute Gasteiger partial charge is 0.351 e. The van der Waals surface area contributed by atoms with E-state index in [1.54, 1.807) is 0 Å². The van der Waals surface area contributed by atoms with Gasteiger partial charge in [-0.3, -0.25) is 9.00 Å². The third-order valence-corrected chi connectivity index (χ3v) is 3.73. The van der Waals surface area contributed by atoms with Gasteiger partial charge in [0.05, 0.1) is 10.8 Å². The Labute approximate surface area is 85.0 Å². The van der Waals surface area contributed by atoms with E-state index < -0.39 is 10.8 Å². The van der Waals surface area contributed by atoms with Gasteiger partial charge in [0, 0.05) is 11.4 Å². The molecule has 3 nitrogen and oxygen atoms in total. The summed E-state index contributed by atoms with van der Waals surface area (Å²) in [5.41, 5.74) is 2.08. The lowest BCUT2D eigenvalue weighted by Gasteiger charge is -2.06. The number of carbonyl (C=O) groups excluding carboxylic acids is 1. The zero-order valence-electron chi connectivity index (χ0n) is 7.87. The molecule has 0 fully saturated rings. The Bertz CT molecular complexity index is 415. The van der Waals surface area contributed by atoms with Crippen LogP contribution in [0.2, 0.25) is 0 Å². The Morgan fingerprint density at radius 3 is 3.00 bits per heavy atom. The molecular formula is C10H11NO2S. The van der Waals surface area contributed by atoms with Crippen molar-refractivity contribution in [1.29, 1.82) is 0 Å². The van der Waals surface area contributed by atoms with Crippen LogP contribution in [-0.4, -0.2) is 15.9 Å². The molecule has 1 unspecified atom stereocenters. The van der Waals surface area contributed by atoms with Crippen molar-refractivity contribution in [2.24, 2.45) is 0 Å². The summed E-state index contributed by atoms with van der Waals surface area (Å²) in [4.78, 5) is 12.0. The van der Waals surface area contributed by atoms with Crippen LogP contribution in [0.1, 0.15) is 11.1 Å². The summed E-state index contributed by atoms with van der Waals surface area (Å²) in [6.45, 7) is 2.46. The molecule has 1 atom stereocenters. The van der Waals surface area contributed by atoms with Crippen LogP contribution in [0.15, 0.2) is 23.1 Å². The zero-order chi connectivity index (χ0) is 10.1. The molecule has 0 saturated carbocycles. The molecule has 0 saturated heterocycles. The Hall–Kier alpha value is -1.16. The van der Waals surface area contributed by atoms with Crippen LogP contribution in [-0.2, 0) is 22.1 Å². The Morgan fingerprint density at radius 1 is 1.43 bits per heavy atom. The topological polar surface area (TPSA) is 46.2 Å². The van der Waals surface area contributed by atoms with Crippen LogP contribution in [0.3, 0.4) is 0 Å². The number of nitrogens with one attached hydrogen (secondary N) is 1. The normalized spacial score (nSPS) is 20.9. The van der Waals surface area contributed by atoms with Crippen molar-refractivity contribution < 1.29 is 9.00 Å². The number of carbonyl (C=O) groups is 1. The van der Waals surface area contributed by atoms with Gasteiger partial charge >= 0.3 is 0 Å². The molecule has 1 N–H and O–H groups in total. The maximum absolute atomic E-state index is 11.7. The lowest BCUT2D eigenvalue weighted by molar-refractivity contribution is -0.118. The maximum Gasteiger partial charge on any atom is 0.233 e. The van der Waals surface area contributed by atoms with Crippen molar-refractivity contribution >= 4 is 16.7 Å². The molecule has 1 aromatic rings. The molecule has 14 heavy (non-hydrogen) atoms. The molecule has 2 rings (SSSR count). The van der Waals surface area contributed by atoms with Gasteiger partial charge in [-0.2, -0.15) is 0 Å². The number of hydrogen-bond acceptors (Lipinski definition) is 2. The standard InChI is InChI=1S/C10H11NO2S/c1-7-3-2-4-9-8(7)5-11-10(12)6-14(9)13/h2-4H,5-6H2,1H3,(H,11,12). The van der Waals surface area contributed by atoms with Gasteiger partial charge < -0.3 is 5.32 Å². The summed E-state index contributed by atoms with van der Waals surface area (Å²) < 4.78 is 11.7. The fraction of sp³-hybridized carbons (Fsp3) is 0.300. The van der Waals surface area contributed by atoms with E-state index in [0.717, 1.165) is 16.0 Å². The maximum atomic E-state index is 11.7. The molecule has 0 radical (unpaired) electrons. The second-order valence-corrected chi connectivity index (χ2v) is 4.74. The van der Waals surface area contributed by atoms with Crippen molar-refractivity contribution in [3.63, 3.8) is 0 Å². The minimum atomic E-state index is -1.18. The number of fused-ring (bicyclic) bond motifs is 1. The quantitative estimate of drug-likeness (QED) is 0.684. The van der Waals surface area contributed by atoms with Crippen molar-refractivity contribution in [3.8, 4) is 0 Å². The minimum Gasteiger partial charge on any atom is -0.351 e. The van der Waals surface area contributed by atoms with Gasteiger partial charge in [0.2, 0.25) is 5.91 Å². The van der Waals surface area contributed by atoms with Gasteiger partial charge in [0.15, 0.2) is 0 Å². The number of rotatable bonds is 0. The highest BCUT2D eigenvalue weighted by atomic mass is 32.2. The lowest BCUT2D eigenvalue weighted by atomic mass is 10.1. The average molecular weight is 209 g/mol. The van der Waals surface area contributed by atoms with Crippen LogP contribution < -0.4 is 5.32 Å². The SMILES string of the molecule is Cc1cccc2c1CNC(=O)CS2=O. The van der Waals surface area contributed by atoms with Gasteiger partial charge in [-0.1, -0.05) is 12.1 Å². The molecule has 1 heterocycles. The summed E-state index contributed by atoms with van der Waals surface area (Å²) in [5.74, 6) is -0.0601. The Balaban J connectivity index is 2.53. The summed E-state index contributed by atoms with van der Waals surface area (Å²) in [5, 5.41) is 2.74. The van der Waals surface area contributed by atoms with E-state index in [1.165, 1.54) is 0 Å². The first-order valence-electron chi connectivity index (χ1n) is 4.42. The van der Waals surface area contributed by atoms with Crippen molar-refractivity contribution in [1.82, 2.24) is 5.32 Å². The molecule has 74 valence electrons. The Kier molecular flexibility index (Phi) is 2.37. The third-order valence-electron chi connectivity index (χ3n) is 2.34. The van der Waals surface area contributed by atoms with E-state index in [2.05, 4.69) is 5.32 Å². The van der Waals surface area contributed by atoms with Crippen molar-refractivity contribution in [3.05, 3.63) is 29.3 Å². The first-order chi connectivity index (χ1) is 6.68. The molecule has 1 aliphatic heterocycles. The summed E-state index contributed by atoms with van der Waals surface area (Å²) in [6.07, 6.45) is 0. The Morgan fingerprint density at radius 2 is 2.21 bits per heavy atom. The first kappa shape index (κ1) is 9.40. The number of hydrogen-bond donors (Lipinski definition) is 1. The lowest BCUT2D eigenvalue weighted by Crippen LogP contribution is -2.24. The molecule has 0 spiro atoms. The predicted molar refractivity (Wildman–Crippen MR) is 54.3 cm³/mol. The molecular weight excluding hydrogens is 198 g/mol. The molecule has 1 aromatic carbocycles. The van der Waals surface area contributed by atoms with Crippen LogP contribution in [0.5, 0.6) is 0 Å². The molecule has 0 aliphatic carbocycles. The summed E-state index contributed by atoms with van der Waals surface area (Å²) in [6, 6.07) is 5.67. The highest BCUT2D eigenvalue weighted by Gasteiger charge is 2.19. The molecule has 1 amide bonds. The van der Waals surface area contributed by atoms with Gasteiger partial charge in [-0.25, -0.2) is 0 Å². The average Bonchev–Trinajstić information content (AvgIpc) is 2.28. The predicted octanol–water partition coefficient (Wildman–Crippen LogP) is 0.732. The van der Waals surface area contributed by atoms with E-state index in [-0.39, 0.29) is 11.7 Å². The van der Waals surface area contributed by atoms with Crippen LogP contribution >= 0.6 is 0 Å². The van der Waals surface area contributed by atoms with Gasteiger partial charge in [-0.15, -0.1) is 0 Å². The van der Waals surface area contributed by atoms with Crippen LogP contribution in [0, 0.1) is 6.92 Å². The van der Waals surface area contributed by atoms with E-state index in [4.69, 9.17) is 0 Å². The highest BCUT2D eigenvalue weighted by Crippen LogP contribution is 2.19. The molecule has 4 heteroatoms. The van der Waals surface area contributed by atoms with Crippen molar-refractivity contribution in [2.75, 3.05) is 5.75 Å². The van der Waals surface area contributed by atoms with Gasteiger partial charge in [0.1, 0.15) is 5.75 Å². The van der Waals surface area contributed by atoms with E-state index >= 15 is 0 Å². The van der Waals surface area contributed by atoms with E-state index in [9.17, 15) is 9.00 Å². The summed E-state index contributed by atoms with van der Waals surface area (Å²) in [7, 11) is -1.18. The monoisotopic (exact) mass is 209 g/mol. The summed E-state index contributed by atoms with van der Waals surface area (Å²) >= 11 is 0. The van der Waals surface area contributed by atoms with Crippen molar-refractivity contribution in [2.45, 2.75) is 18.4 Å². The molecule has 1 aliphatic rings. The van der Waals surface area contributed by atoms with Crippen LogP contribution in [0.25, 0.3) is 0 Å². The first-order valence-corrected chi connectivity index (χ1v) is 5.74. The second kappa shape index (κ2) is 3.53. The number of aryl methyl sites for hydroxylation is 1. The zero-order valence-corrected chi connectivity index (χ0v) is 8.69. The third kappa shape index (κ3) is 1.57. The smallest absolute Gasteiger partial charge is 0.233 e. The molecule has 0 bridgehead atoms. The number of benzene rings is 1. The number of amides is 1. The van der Waals surface area contributed by atoms with E-state index in [1.807, 2.05) is 25.1 Å². The highest BCUT2D eigenvalue weighted by molar-refractivity contribution is 7.85. The van der Waals surface area contributed by atoms with Gasteiger partial charge in [-0.05, 0) is 24.1 Å². The fourth-order valence-corrected chi connectivity index (χ4v) is 2.78. The van der Waals surface area contributed by atoms with Gasteiger partial charge in [0.25, 0.3) is 0 Å². The second-order valence-electron chi connectivity index (χ2n) is 3.32. The molecule has 0 aromatic heterocycles. The fourth-order valence-electron chi connectivity index (χ4n) is 1.55. The van der Waals surface area contributed by atoms with E-state index in [0.29, 0.717) is 6.54 Å². The van der Waals surface area contributed by atoms with Crippen LogP contribution in [0.4, 0.5) is 0 Å². The minimum absolute atomic E-state index is 0.0798.